The van der Waals surface area contributed by atoms with E-state index in [4.69, 9.17) is 9.47 Å². The van der Waals surface area contributed by atoms with Gasteiger partial charge in [-0.25, -0.2) is 4.79 Å². The fourth-order valence-electron chi connectivity index (χ4n) is 3.34. The second-order valence-electron chi connectivity index (χ2n) is 6.44. The third kappa shape index (κ3) is 3.38. The van der Waals surface area contributed by atoms with Gasteiger partial charge in [-0.1, -0.05) is 18.2 Å². The summed E-state index contributed by atoms with van der Waals surface area (Å²) >= 11 is 0. The molecule has 0 atom stereocenters. The average Bonchev–Trinajstić information content (AvgIpc) is 2.72. The number of hydrogen-bond acceptors (Lipinski definition) is 5. The van der Waals surface area contributed by atoms with Gasteiger partial charge in [0.15, 0.2) is 0 Å². The van der Waals surface area contributed by atoms with Gasteiger partial charge in [0, 0.05) is 24.7 Å². The Morgan fingerprint density at radius 3 is 2.52 bits per heavy atom. The Labute approximate surface area is 157 Å². The van der Waals surface area contributed by atoms with Crippen LogP contribution in [0.2, 0.25) is 0 Å². The number of rotatable bonds is 5. The predicted octanol–water partition coefficient (Wildman–Crippen LogP) is 3.10. The highest BCUT2D eigenvalue weighted by atomic mass is 16.5. The number of benzene rings is 2. The molecule has 138 valence electrons. The highest BCUT2D eigenvalue weighted by Gasteiger charge is 2.19. The van der Waals surface area contributed by atoms with Crippen molar-refractivity contribution in [2.45, 2.75) is 19.5 Å². The molecule has 1 N–H and O–H groups in total. The molecule has 0 spiro atoms. The summed E-state index contributed by atoms with van der Waals surface area (Å²) in [4.78, 5) is 16.7. The number of fused-ring (bicyclic) bond motifs is 3. The molecule has 1 aliphatic rings. The molecule has 6 nitrogen and oxygen atoms in total. The molecule has 2 heterocycles. The van der Waals surface area contributed by atoms with E-state index < -0.39 is 0 Å². The first-order chi connectivity index (χ1) is 13.2. The molecule has 0 radical (unpaired) electrons. The summed E-state index contributed by atoms with van der Waals surface area (Å²) in [5.41, 5.74) is 3.94. The van der Waals surface area contributed by atoms with Crippen molar-refractivity contribution in [1.29, 1.82) is 0 Å². The standard InChI is InChI=1S/C21H21N3O3/c1-26-16-6-3-14(4-7-16)13-22-20-12-19-18-11-17(27-2)8-5-15(18)9-10-24(19)21(25)23-20/h3-8,11-12H,9-10,13H2,1-2H3,(H,22,23,25). The van der Waals surface area contributed by atoms with Crippen LogP contribution in [0.1, 0.15) is 11.1 Å². The monoisotopic (exact) mass is 363 g/mol. The number of methoxy groups -OCH3 is 2. The van der Waals surface area contributed by atoms with E-state index in [1.54, 1.807) is 18.8 Å². The highest BCUT2D eigenvalue weighted by molar-refractivity contribution is 5.69. The number of ether oxygens (including phenoxy) is 2. The zero-order chi connectivity index (χ0) is 18.8. The predicted molar refractivity (Wildman–Crippen MR) is 105 cm³/mol. The van der Waals surface area contributed by atoms with Crippen LogP contribution in [0.3, 0.4) is 0 Å². The van der Waals surface area contributed by atoms with E-state index >= 15 is 0 Å². The van der Waals surface area contributed by atoms with Gasteiger partial charge in [-0.15, -0.1) is 0 Å². The summed E-state index contributed by atoms with van der Waals surface area (Å²) in [6.45, 7) is 1.21. The fraction of sp³-hybridized carbons (Fsp3) is 0.238. The largest absolute Gasteiger partial charge is 0.497 e. The number of aryl methyl sites for hydroxylation is 1. The lowest BCUT2D eigenvalue weighted by Gasteiger charge is -2.22. The molecule has 6 heteroatoms. The highest BCUT2D eigenvalue weighted by Crippen LogP contribution is 2.32. The number of hydrogen-bond donors (Lipinski definition) is 1. The van der Waals surface area contributed by atoms with Crippen molar-refractivity contribution in [3.8, 4) is 22.8 Å². The topological polar surface area (TPSA) is 65.4 Å². The molecule has 0 unspecified atom stereocenters. The molecule has 4 rings (SSSR count). The first-order valence-electron chi connectivity index (χ1n) is 8.84. The smallest absolute Gasteiger partial charge is 0.349 e. The van der Waals surface area contributed by atoms with E-state index in [1.165, 1.54) is 5.56 Å². The van der Waals surface area contributed by atoms with Crippen molar-refractivity contribution in [2.24, 2.45) is 0 Å². The van der Waals surface area contributed by atoms with Crippen molar-refractivity contribution in [1.82, 2.24) is 9.55 Å². The summed E-state index contributed by atoms with van der Waals surface area (Å²) in [7, 11) is 3.29. The van der Waals surface area contributed by atoms with E-state index in [-0.39, 0.29) is 5.69 Å². The lowest BCUT2D eigenvalue weighted by Crippen LogP contribution is -2.29. The second-order valence-corrected chi connectivity index (χ2v) is 6.44. The Balaban J connectivity index is 1.64. The molecule has 0 saturated heterocycles. The van der Waals surface area contributed by atoms with Gasteiger partial charge < -0.3 is 14.8 Å². The zero-order valence-electron chi connectivity index (χ0n) is 15.4. The Hall–Kier alpha value is -3.28. The molecule has 0 aliphatic carbocycles. The van der Waals surface area contributed by atoms with E-state index in [2.05, 4.69) is 16.4 Å². The lowest BCUT2D eigenvalue weighted by atomic mass is 9.97. The molecule has 3 aromatic rings. The zero-order valence-corrected chi connectivity index (χ0v) is 15.4. The lowest BCUT2D eigenvalue weighted by molar-refractivity contribution is 0.414. The van der Waals surface area contributed by atoms with Crippen molar-refractivity contribution in [3.63, 3.8) is 0 Å². The van der Waals surface area contributed by atoms with Crippen LogP contribution in [-0.4, -0.2) is 23.8 Å². The first kappa shape index (κ1) is 17.1. The minimum Gasteiger partial charge on any atom is -0.497 e. The average molecular weight is 363 g/mol. The van der Waals surface area contributed by atoms with Crippen molar-refractivity contribution in [3.05, 3.63) is 70.1 Å². The summed E-state index contributed by atoms with van der Waals surface area (Å²) in [6.07, 6.45) is 0.812. The van der Waals surface area contributed by atoms with Crippen LogP contribution in [-0.2, 0) is 19.5 Å². The molecule has 0 amide bonds. The van der Waals surface area contributed by atoms with Gasteiger partial charge in [0.2, 0.25) is 0 Å². The van der Waals surface area contributed by atoms with Gasteiger partial charge in [-0.2, -0.15) is 4.98 Å². The Morgan fingerprint density at radius 2 is 1.78 bits per heavy atom. The number of nitrogens with one attached hydrogen (secondary N) is 1. The third-order valence-electron chi connectivity index (χ3n) is 4.84. The molecule has 27 heavy (non-hydrogen) atoms. The summed E-state index contributed by atoms with van der Waals surface area (Å²) < 4.78 is 12.2. The van der Waals surface area contributed by atoms with Crippen LogP contribution < -0.4 is 20.5 Å². The Kier molecular flexibility index (Phi) is 4.54. The first-order valence-corrected chi connectivity index (χ1v) is 8.84. The Bertz CT molecular complexity index is 1030. The normalized spacial score (nSPS) is 12.1. The Morgan fingerprint density at radius 1 is 1.04 bits per heavy atom. The minimum absolute atomic E-state index is 0.238. The van der Waals surface area contributed by atoms with Crippen molar-refractivity contribution in [2.75, 3.05) is 19.5 Å². The van der Waals surface area contributed by atoms with Crippen molar-refractivity contribution < 1.29 is 9.47 Å². The number of aromatic nitrogens is 2. The molecule has 0 fully saturated rings. The number of anilines is 1. The SMILES string of the molecule is COc1ccc(CNc2cc3n(c(=O)n2)CCc2ccc(OC)cc2-3)cc1. The van der Waals surface area contributed by atoms with Crippen LogP contribution in [0.15, 0.2) is 53.3 Å². The van der Waals surface area contributed by atoms with E-state index in [0.29, 0.717) is 18.9 Å². The maximum atomic E-state index is 12.5. The summed E-state index contributed by atoms with van der Waals surface area (Å²) in [5.74, 6) is 2.16. The third-order valence-corrected chi connectivity index (χ3v) is 4.84. The number of nitrogens with zero attached hydrogens (tertiary/aromatic N) is 2. The van der Waals surface area contributed by atoms with Crippen LogP contribution in [0, 0.1) is 0 Å². The van der Waals surface area contributed by atoms with E-state index in [9.17, 15) is 4.79 Å². The van der Waals surface area contributed by atoms with Gasteiger partial charge in [-0.3, -0.25) is 4.57 Å². The van der Waals surface area contributed by atoms with Gasteiger partial charge >= 0.3 is 5.69 Å². The van der Waals surface area contributed by atoms with Gasteiger partial charge in [0.05, 0.1) is 19.9 Å². The van der Waals surface area contributed by atoms with E-state index in [0.717, 1.165) is 34.7 Å². The second kappa shape index (κ2) is 7.15. The molecular weight excluding hydrogens is 342 g/mol. The van der Waals surface area contributed by atoms with Crippen LogP contribution >= 0.6 is 0 Å². The van der Waals surface area contributed by atoms with Gasteiger partial charge in [0.25, 0.3) is 0 Å². The molecule has 0 bridgehead atoms. The van der Waals surface area contributed by atoms with Crippen LogP contribution in [0.4, 0.5) is 5.82 Å². The summed E-state index contributed by atoms with van der Waals surface area (Å²) in [5, 5.41) is 3.25. The van der Waals surface area contributed by atoms with Gasteiger partial charge in [0.1, 0.15) is 17.3 Å². The molecule has 1 aromatic heterocycles. The van der Waals surface area contributed by atoms with Gasteiger partial charge in [-0.05, 0) is 41.8 Å². The molecule has 0 saturated carbocycles. The fourth-order valence-corrected chi connectivity index (χ4v) is 3.34. The quantitative estimate of drug-likeness (QED) is 0.755. The van der Waals surface area contributed by atoms with E-state index in [1.807, 2.05) is 42.5 Å². The summed E-state index contributed by atoms with van der Waals surface area (Å²) in [6, 6.07) is 15.7. The molecule has 2 aromatic carbocycles. The minimum atomic E-state index is -0.238. The maximum Gasteiger partial charge on any atom is 0.349 e. The molecule has 1 aliphatic heterocycles. The molecular formula is C21H21N3O3. The van der Waals surface area contributed by atoms with Crippen molar-refractivity contribution >= 4 is 5.82 Å². The van der Waals surface area contributed by atoms with Crippen LogP contribution in [0.25, 0.3) is 11.3 Å². The van der Waals surface area contributed by atoms with Crippen LogP contribution in [0.5, 0.6) is 11.5 Å². The maximum absolute atomic E-state index is 12.5.